The van der Waals surface area contributed by atoms with Crippen LogP contribution in [0.5, 0.6) is 0 Å². The number of hydrogen-bond donors (Lipinski definition) is 1. The number of anilines is 1. The molecule has 0 fully saturated rings. The number of nitrogens with two attached hydrogens (primary N) is 1. The van der Waals surface area contributed by atoms with E-state index >= 15 is 0 Å². The van der Waals surface area contributed by atoms with Gasteiger partial charge in [-0.25, -0.2) is 9.37 Å². The molecule has 0 unspecified atom stereocenters. The molecule has 1 aromatic carbocycles. The molecular formula is C10H7ClFN3. The van der Waals surface area contributed by atoms with Crippen molar-refractivity contribution in [2.24, 2.45) is 0 Å². The molecule has 0 radical (unpaired) electrons. The van der Waals surface area contributed by atoms with Gasteiger partial charge in [-0.1, -0.05) is 11.6 Å². The average Bonchev–Trinajstić information content (AvgIpc) is 2.20. The van der Waals surface area contributed by atoms with Gasteiger partial charge >= 0.3 is 0 Å². The van der Waals surface area contributed by atoms with Crippen LogP contribution in [-0.4, -0.2) is 9.97 Å². The normalized spacial score (nSPS) is 10.3. The zero-order valence-electron chi connectivity index (χ0n) is 7.61. The number of hydrogen-bond acceptors (Lipinski definition) is 3. The standard InChI is InChI=1S/C10H7ClFN3/c11-8-3-6(12)1-2-7(8)9-4-15-10(13)5-14-9/h1-5H,(H2,13,15). The molecule has 1 heterocycles. The molecule has 15 heavy (non-hydrogen) atoms. The van der Waals surface area contributed by atoms with Gasteiger partial charge in [0, 0.05) is 5.56 Å². The molecule has 2 aromatic rings. The van der Waals surface area contributed by atoms with Crippen molar-refractivity contribution in [3.63, 3.8) is 0 Å². The lowest BCUT2D eigenvalue weighted by molar-refractivity contribution is 0.628. The molecule has 0 bridgehead atoms. The van der Waals surface area contributed by atoms with Crippen molar-refractivity contribution in [1.82, 2.24) is 9.97 Å². The third-order valence-corrected chi connectivity index (χ3v) is 2.19. The lowest BCUT2D eigenvalue weighted by Gasteiger charge is -2.03. The number of rotatable bonds is 1. The van der Waals surface area contributed by atoms with Crippen LogP contribution in [0.1, 0.15) is 0 Å². The molecule has 0 amide bonds. The predicted molar refractivity (Wildman–Crippen MR) is 56.8 cm³/mol. The van der Waals surface area contributed by atoms with Crippen LogP contribution in [0.2, 0.25) is 5.02 Å². The quantitative estimate of drug-likeness (QED) is 0.808. The maximum absolute atomic E-state index is 12.8. The Labute approximate surface area is 90.7 Å². The van der Waals surface area contributed by atoms with Gasteiger partial charge < -0.3 is 5.73 Å². The van der Waals surface area contributed by atoms with Crippen LogP contribution >= 0.6 is 11.6 Å². The molecule has 2 rings (SSSR count). The summed E-state index contributed by atoms with van der Waals surface area (Å²) in [5, 5.41) is 0.300. The Morgan fingerprint density at radius 3 is 2.60 bits per heavy atom. The Kier molecular flexibility index (Phi) is 2.51. The lowest BCUT2D eigenvalue weighted by atomic mass is 10.1. The molecule has 3 nitrogen and oxygen atoms in total. The Morgan fingerprint density at radius 1 is 1.20 bits per heavy atom. The Balaban J connectivity index is 2.49. The van der Waals surface area contributed by atoms with Crippen LogP contribution in [0.4, 0.5) is 10.2 Å². The van der Waals surface area contributed by atoms with Crippen molar-refractivity contribution in [1.29, 1.82) is 0 Å². The molecule has 2 N–H and O–H groups in total. The SMILES string of the molecule is Nc1cnc(-c2ccc(F)cc2Cl)cn1. The van der Waals surface area contributed by atoms with Crippen LogP contribution in [0, 0.1) is 5.82 Å². The van der Waals surface area contributed by atoms with Crippen LogP contribution in [0.3, 0.4) is 0 Å². The summed E-state index contributed by atoms with van der Waals surface area (Å²) in [7, 11) is 0. The average molecular weight is 224 g/mol. The molecule has 0 saturated heterocycles. The second-order valence-electron chi connectivity index (χ2n) is 2.95. The molecule has 0 aliphatic heterocycles. The van der Waals surface area contributed by atoms with Gasteiger partial charge in [0.1, 0.15) is 11.6 Å². The maximum Gasteiger partial charge on any atom is 0.141 e. The molecule has 0 atom stereocenters. The first-order valence-electron chi connectivity index (χ1n) is 4.20. The molecular weight excluding hydrogens is 217 g/mol. The predicted octanol–water partition coefficient (Wildman–Crippen LogP) is 2.52. The van der Waals surface area contributed by atoms with E-state index in [0.717, 1.165) is 0 Å². The van der Waals surface area contributed by atoms with E-state index < -0.39 is 0 Å². The smallest absolute Gasteiger partial charge is 0.141 e. The fourth-order valence-electron chi connectivity index (χ4n) is 1.17. The minimum Gasteiger partial charge on any atom is -0.382 e. The minimum atomic E-state index is -0.382. The Bertz CT molecular complexity index is 485. The van der Waals surface area contributed by atoms with Crippen molar-refractivity contribution in [3.05, 3.63) is 41.4 Å². The first-order valence-corrected chi connectivity index (χ1v) is 4.57. The lowest BCUT2D eigenvalue weighted by Crippen LogP contribution is -1.93. The van der Waals surface area contributed by atoms with Crippen molar-refractivity contribution < 1.29 is 4.39 Å². The van der Waals surface area contributed by atoms with Crippen molar-refractivity contribution >= 4 is 17.4 Å². The summed E-state index contributed by atoms with van der Waals surface area (Å²) in [5.41, 5.74) is 6.59. The van der Waals surface area contributed by atoms with Crippen molar-refractivity contribution in [2.45, 2.75) is 0 Å². The van der Waals surface area contributed by atoms with Gasteiger partial charge in [-0.05, 0) is 18.2 Å². The largest absolute Gasteiger partial charge is 0.382 e. The maximum atomic E-state index is 12.8. The zero-order valence-corrected chi connectivity index (χ0v) is 8.37. The fraction of sp³-hybridized carbons (Fsp3) is 0. The first-order chi connectivity index (χ1) is 7.16. The van der Waals surface area contributed by atoms with Crippen molar-refractivity contribution in [3.8, 4) is 11.3 Å². The minimum absolute atomic E-state index is 0.300. The monoisotopic (exact) mass is 223 g/mol. The summed E-state index contributed by atoms with van der Waals surface area (Å²) < 4.78 is 12.8. The van der Waals surface area contributed by atoms with Gasteiger partial charge in [0.05, 0.1) is 23.1 Å². The molecule has 0 saturated carbocycles. The van der Waals surface area contributed by atoms with Crippen LogP contribution in [0.15, 0.2) is 30.6 Å². The van der Waals surface area contributed by atoms with E-state index in [1.807, 2.05) is 0 Å². The van der Waals surface area contributed by atoms with Gasteiger partial charge in [0.25, 0.3) is 0 Å². The van der Waals surface area contributed by atoms with E-state index in [0.29, 0.717) is 22.1 Å². The van der Waals surface area contributed by atoms with Crippen LogP contribution in [0.25, 0.3) is 11.3 Å². The highest BCUT2D eigenvalue weighted by Crippen LogP contribution is 2.26. The third-order valence-electron chi connectivity index (χ3n) is 1.88. The summed E-state index contributed by atoms with van der Waals surface area (Å²) in [4.78, 5) is 7.93. The van der Waals surface area contributed by atoms with Crippen LogP contribution in [-0.2, 0) is 0 Å². The van der Waals surface area contributed by atoms with Gasteiger partial charge in [0.15, 0.2) is 0 Å². The zero-order chi connectivity index (χ0) is 10.8. The highest BCUT2D eigenvalue weighted by molar-refractivity contribution is 6.33. The summed E-state index contributed by atoms with van der Waals surface area (Å²) >= 11 is 5.86. The van der Waals surface area contributed by atoms with Crippen LogP contribution < -0.4 is 5.73 Å². The molecule has 1 aromatic heterocycles. The Morgan fingerprint density at radius 2 is 2.00 bits per heavy atom. The van der Waals surface area contributed by atoms with Gasteiger partial charge in [-0.15, -0.1) is 0 Å². The Hall–Kier alpha value is -1.68. The second kappa shape index (κ2) is 3.82. The van der Waals surface area contributed by atoms with E-state index in [1.54, 1.807) is 6.07 Å². The van der Waals surface area contributed by atoms with E-state index in [1.165, 1.54) is 24.5 Å². The molecule has 0 aliphatic rings. The summed E-state index contributed by atoms with van der Waals surface area (Å²) in [5.74, 6) is -0.0517. The van der Waals surface area contributed by atoms with Gasteiger partial charge in [0.2, 0.25) is 0 Å². The van der Waals surface area contributed by atoms with Gasteiger partial charge in [-0.2, -0.15) is 0 Å². The second-order valence-corrected chi connectivity index (χ2v) is 3.36. The van der Waals surface area contributed by atoms with Crippen molar-refractivity contribution in [2.75, 3.05) is 5.73 Å². The first kappa shape index (κ1) is 9.86. The summed E-state index contributed by atoms with van der Waals surface area (Å²) in [6, 6.07) is 4.10. The van der Waals surface area contributed by atoms with E-state index in [2.05, 4.69) is 9.97 Å². The molecule has 0 aliphatic carbocycles. The van der Waals surface area contributed by atoms with E-state index in [4.69, 9.17) is 17.3 Å². The highest BCUT2D eigenvalue weighted by Gasteiger charge is 2.05. The van der Waals surface area contributed by atoms with Gasteiger partial charge in [-0.3, -0.25) is 4.98 Å². The number of nitrogens with zero attached hydrogens (tertiary/aromatic N) is 2. The summed E-state index contributed by atoms with van der Waals surface area (Å²) in [6.45, 7) is 0. The molecule has 5 heteroatoms. The number of aromatic nitrogens is 2. The fourth-order valence-corrected chi connectivity index (χ4v) is 1.44. The highest BCUT2D eigenvalue weighted by atomic mass is 35.5. The molecule has 0 spiro atoms. The number of benzene rings is 1. The number of halogens is 2. The summed E-state index contributed by atoms with van der Waals surface area (Å²) in [6.07, 6.45) is 2.92. The topological polar surface area (TPSA) is 51.8 Å². The molecule has 76 valence electrons. The van der Waals surface area contributed by atoms with E-state index in [-0.39, 0.29) is 5.82 Å². The third kappa shape index (κ3) is 2.05. The number of nitrogen functional groups attached to an aromatic ring is 1. The van der Waals surface area contributed by atoms with E-state index in [9.17, 15) is 4.39 Å².